The van der Waals surface area contributed by atoms with Crippen molar-refractivity contribution in [1.29, 1.82) is 0 Å². The third kappa shape index (κ3) is 7.82. The van der Waals surface area contributed by atoms with E-state index in [0.717, 1.165) is 11.1 Å². The van der Waals surface area contributed by atoms with E-state index in [1.165, 1.54) is 19.1 Å². The number of hydrogen-bond donors (Lipinski definition) is 3. The van der Waals surface area contributed by atoms with Crippen LogP contribution in [0, 0.1) is 5.21 Å². The molecule has 16 nitrogen and oxygen atoms in total. The summed E-state index contributed by atoms with van der Waals surface area (Å²) in [6.07, 6.45) is 0.763. The van der Waals surface area contributed by atoms with E-state index in [9.17, 15) is 29.5 Å². The monoisotopic (exact) mass is 641 g/mol. The highest BCUT2D eigenvalue weighted by atomic mass is 16.8. The summed E-state index contributed by atoms with van der Waals surface area (Å²) in [5.41, 5.74) is 6.87. The second-order valence-electron chi connectivity index (χ2n) is 10.4. The fourth-order valence-corrected chi connectivity index (χ4v) is 5.12. The van der Waals surface area contributed by atoms with Crippen molar-refractivity contribution in [1.82, 2.24) is 15.4 Å². The van der Waals surface area contributed by atoms with Crippen LogP contribution >= 0.6 is 0 Å². The van der Waals surface area contributed by atoms with E-state index < -0.39 is 53.5 Å². The zero-order chi connectivity index (χ0) is 33.4. The molecular formula is C30H35N5O11. The van der Waals surface area contributed by atoms with Gasteiger partial charge in [-0.1, -0.05) is 30.3 Å². The molecule has 3 aromatic rings. The second kappa shape index (κ2) is 15.1. The molecule has 0 saturated heterocycles. The number of aromatic nitrogens is 2. The maximum absolute atomic E-state index is 13.7. The predicted octanol–water partition coefficient (Wildman–Crippen LogP) is 0.364. The first-order valence-corrected chi connectivity index (χ1v) is 14.3. The second-order valence-corrected chi connectivity index (χ2v) is 10.4. The van der Waals surface area contributed by atoms with Gasteiger partial charge in [0.15, 0.2) is 11.5 Å². The SMILES string of the molecule is COc1cc2c(cc1OC)CN(C(=O)[C@H](C)N[C@@H](CCc1ccccc1)C(=O)OCCOc1no[n+]([O-])c1C(N)=O)[C@H](C(=O)O)C2. The highest BCUT2D eigenvalue weighted by Gasteiger charge is 2.38. The number of benzene rings is 2. The molecule has 4 rings (SSSR count). The van der Waals surface area contributed by atoms with Crippen molar-refractivity contribution in [2.24, 2.45) is 5.73 Å². The molecule has 0 spiro atoms. The molecule has 2 heterocycles. The Balaban J connectivity index is 1.46. The number of ether oxygens (including phenoxy) is 4. The number of aryl methyl sites for hydroxylation is 1. The minimum Gasteiger partial charge on any atom is -0.493 e. The Morgan fingerprint density at radius 3 is 2.43 bits per heavy atom. The smallest absolute Gasteiger partial charge is 0.408 e. The summed E-state index contributed by atoms with van der Waals surface area (Å²) in [5.74, 6) is -3.07. The lowest BCUT2D eigenvalue weighted by molar-refractivity contribution is -0.803. The third-order valence-electron chi connectivity index (χ3n) is 7.46. The Kier molecular flexibility index (Phi) is 11.0. The van der Waals surface area contributed by atoms with Gasteiger partial charge in [0.05, 0.1) is 25.4 Å². The quantitative estimate of drug-likeness (QED) is 0.116. The average molecular weight is 642 g/mol. The molecule has 1 aliphatic rings. The summed E-state index contributed by atoms with van der Waals surface area (Å²) in [5, 5.41) is 27.8. The lowest BCUT2D eigenvalue weighted by Crippen LogP contribution is -2.56. The fraction of sp³-hybridized carbons (Fsp3) is 0.400. The Hall–Kier alpha value is -5.38. The first kappa shape index (κ1) is 33.5. The van der Waals surface area contributed by atoms with Crippen LogP contribution in [-0.4, -0.2) is 84.5 Å². The number of primary amides is 1. The Morgan fingerprint density at radius 2 is 1.80 bits per heavy atom. The van der Waals surface area contributed by atoms with Gasteiger partial charge < -0.3 is 39.9 Å². The van der Waals surface area contributed by atoms with E-state index in [2.05, 4.69) is 15.1 Å². The molecule has 0 radical (unpaired) electrons. The molecule has 0 unspecified atom stereocenters. The zero-order valence-corrected chi connectivity index (χ0v) is 25.5. The topological polar surface area (TPSA) is 220 Å². The van der Waals surface area contributed by atoms with E-state index in [-0.39, 0.29) is 37.5 Å². The number of carbonyl (C=O) groups is 4. The molecule has 46 heavy (non-hydrogen) atoms. The average Bonchev–Trinajstić information content (AvgIpc) is 3.43. The number of methoxy groups -OCH3 is 2. The Morgan fingerprint density at radius 1 is 1.13 bits per heavy atom. The molecule has 16 heteroatoms. The number of carboxylic acid groups (broad SMARTS) is 1. The van der Waals surface area contributed by atoms with E-state index in [0.29, 0.717) is 23.5 Å². The Labute approximate surface area is 263 Å². The fourth-order valence-electron chi connectivity index (χ4n) is 5.12. The molecule has 0 fully saturated rings. The number of fused-ring (bicyclic) bond motifs is 1. The number of nitrogens with one attached hydrogen (secondary N) is 1. The number of amides is 2. The van der Waals surface area contributed by atoms with Crippen molar-refractivity contribution in [2.75, 3.05) is 27.4 Å². The van der Waals surface area contributed by atoms with Crippen LogP contribution in [0.15, 0.2) is 47.1 Å². The summed E-state index contributed by atoms with van der Waals surface area (Å²) < 4.78 is 25.6. The highest BCUT2D eigenvalue weighted by Crippen LogP contribution is 2.35. The van der Waals surface area contributed by atoms with Gasteiger partial charge in [0, 0.05) is 13.0 Å². The van der Waals surface area contributed by atoms with Gasteiger partial charge in [-0.05, 0) is 53.5 Å². The lowest BCUT2D eigenvalue weighted by Gasteiger charge is -2.37. The Bertz CT molecular complexity index is 1560. The molecule has 1 aromatic heterocycles. The summed E-state index contributed by atoms with van der Waals surface area (Å²) in [4.78, 5) is 51.7. The summed E-state index contributed by atoms with van der Waals surface area (Å²) in [7, 11) is 2.97. The summed E-state index contributed by atoms with van der Waals surface area (Å²) in [6.45, 7) is 0.960. The van der Waals surface area contributed by atoms with Crippen molar-refractivity contribution in [2.45, 2.75) is 50.9 Å². The van der Waals surface area contributed by atoms with Crippen LogP contribution in [-0.2, 0) is 38.5 Å². The van der Waals surface area contributed by atoms with Crippen LogP contribution in [0.5, 0.6) is 17.4 Å². The maximum Gasteiger partial charge on any atom is 0.408 e. The van der Waals surface area contributed by atoms with Gasteiger partial charge in [0.1, 0.15) is 25.3 Å². The molecular weight excluding hydrogens is 606 g/mol. The van der Waals surface area contributed by atoms with Gasteiger partial charge in [-0.25, -0.2) is 4.79 Å². The number of esters is 1. The van der Waals surface area contributed by atoms with Crippen LogP contribution in [0.4, 0.5) is 0 Å². The van der Waals surface area contributed by atoms with Crippen LogP contribution in [0.3, 0.4) is 0 Å². The number of aliphatic carboxylic acids is 1. The van der Waals surface area contributed by atoms with Crippen LogP contribution in [0.1, 0.15) is 40.5 Å². The number of nitrogens with two attached hydrogens (primary N) is 1. The number of carboxylic acids is 1. The minimum absolute atomic E-state index is 0.00662. The zero-order valence-electron chi connectivity index (χ0n) is 25.5. The van der Waals surface area contributed by atoms with Gasteiger partial charge in [-0.3, -0.25) is 24.3 Å². The van der Waals surface area contributed by atoms with Crippen molar-refractivity contribution in [3.63, 3.8) is 0 Å². The van der Waals surface area contributed by atoms with Crippen molar-refractivity contribution in [3.05, 3.63) is 70.1 Å². The van der Waals surface area contributed by atoms with Crippen LogP contribution in [0.2, 0.25) is 0 Å². The molecule has 4 N–H and O–H groups in total. The number of rotatable bonds is 15. The molecule has 2 aromatic carbocycles. The van der Waals surface area contributed by atoms with Crippen molar-refractivity contribution < 1.29 is 52.8 Å². The van der Waals surface area contributed by atoms with Gasteiger partial charge in [-0.2, -0.15) is 0 Å². The minimum atomic E-state index is -1.17. The van der Waals surface area contributed by atoms with Gasteiger partial charge in [0.25, 0.3) is 0 Å². The molecule has 1 aliphatic heterocycles. The molecule has 2 amide bonds. The standard InChI is InChI=1S/C30H35N5O11/c1-17(28(37)34-16-20-15-24(43-3)23(42-2)14-19(20)13-22(34)29(38)39)32-21(10-9-18-7-5-4-6-8-18)30(40)45-12-11-44-27-25(26(31)36)35(41)46-33-27/h4-8,14-15,17,21-22,32H,9-13,16H2,1-3H3,(H2,31,36)(H,38,39)/t17-,21-,22-/m0/s1. The van der Waals surface area contributed by atoms with Gasteiger partial charge >= 0.3 is 29.4 Å². The molecule has 0 bridgehead atoms. The lowest BCUT2D eigenvalue weighted by atomic mass is 9.92. The van der Waals surface area contributed by atoms with E-state index in [4.69, 9.17) is 24.7 Å². The third-order valence-corrected chi connectivity index (χ3v) is 7.46. The molecule has 0 saturated carbocycles. The normalized spacial score (nSPS) is 15.3. The van der Waals surface area contributed by atoms with Crippen molar-refractivity contribution >= 4 is 23.8 Å². The molecule has 246 valence electrons. The first-order valence-electron chi connectivity index (χ1n) is 14.3. The van der Waals surface area contributed by atoms with Gasteiger partial charge in [-0.15, -0.1) is 0 Å². The van der Waals surface area contributed by atoms with Crippen molar-refractivity contribution in [3.8, 4) is 17.4 Å². The molecule has 0 aliphatic carbocycles. The van der Waals surface area contributed by atoms with Gasteiger partial charge in [0.2, 0.25) is 5.91 Å². The van der Waals surface area contributed by atoms with Crippen LogP contribution < -0.4 is 30.2 Å². The van der Waals surface area contributed by atoms with E-state index in [1.54, 1.807) is 19.1 Å². The van der Waals surface area contributed by atoms with E-state index in [1.807, 2.05) is 30.3 Å². The summed E-state index contributed by atoms with van der Waals surface area (Å²) >= 11 is 0. The van der Waals surface area contributed by atoms with Crippen LogP contribution in [0.25, 0.3) is 0 Å². The number of hydrogen-bond acceptors (Lipinski definition) is 12. The molecule has 3 atom stereocenters. The largest absolute Gasteiger partial charge is 0.493 e. The summed E-state index contributed by atoms with van der Waals surface area (Å²) in [6, 6.07) is 9.71. The van der Waals surface area contributed by atoms with E-state index >= 15 is 0 Å². The number of carbonyl (C=O) groups excluding carboxylic acids is 3. The highest BCUT2D eigenvalue weighted by molar-refractivity contribution is 5.91. The number of nitrogens with zero attached hydrogens (tertiary/aromatic N) is 3. The maximum atomic E-state index is 13.7. The predicted molar refractivity (Wildman–Crippen MR) is 157 cm³/mol. The first-order chi connectivity index (χ1) is 22.0.